The zero-order valence-electron chi connectivity index (χ0n) is 17.8. The zero-order chi connectivity index (χ0) is 22.8. The number of nitrogens with two attached hydrogens (primary N) is 1. The standard InChI is InChI=1S/C23H27N3O5/c1-15(2)23(29)26-18-8-4-17(5-9-18)13-25-22(28)11-7-16-6-10-19(20(12-16)30-3)31-14-21(24)27/h4-12,15H,13-14H2,1-3H3,(H2,24,27)(H,25,28)(H,26,29)/b11-7+. The number of benzene rings is 2. The molecular formula is C23H27N3O5. The summed E-state index contributed by atoms with van der Waals surface area (Å²) < 4.78 is 10.5. The van der Waals surface area contributed by atoms with Crippen molar-refractivity contribution in [2.75, 3.05) is 19.0 Å². The largest absolute Gasteiger partial charge is 0.493 e. The third-order valence-corrected chi connectivity index (χ3v) is 4.20. The summed E-state index contributed by atoms with van der Waals surface area (Å²) in [5.74, 6) is -0.174. The fourth-order valence-corrected chi connectivity index (χ4v) is 2.47. The van der Waals surface area contributed by atoms with Crippen LogP contribution >= 0.6 is 0 Å². The number of nitrogens with one attached hydrogen (secondary N) is 2. The molecule has 2 rings (SSSR count). The van der Waals surface area contributed by atoms with Crippen molar-refractivity contribution in [1.82, 2.24) is 5.32 Å². The maximum absolute atomic E-state index is 12.1. The molecule has 0 spiro atoms. The van der Waals surface area contributed by atoms with Crippen molar-refractivity contribution in [3.05, 3.63) is 59.7 Å². The van der Waals surface area contributed by atoms with Crippen LogP contribution in [-0.2, 0) is 20.9 Å². The van der Waals surface area contributed by atoms with Gasteiger partial charge in [0.05, 0.1) is 7.11 Å². The minimum absolute atomic E-state index is 0.0460. The van der Waals surface area contributed by atoms with Gasteiger partial charge in [0.15, 0.2) is 18.1 Å². The SMILES string of the molecule is COc1cc(/C=C/C(=O)NCc2ccc(NC(=O)C(C)C)cc2)ccc1OCC(N)=O. The molecular weight excluding hydrogens is 398 g/mol. The van der Waals surface area contributed by atoms with Gasteiger partial charge in [0.25, 0.3) is 5.91 Å². The van der Waals surface area contributed by atoms with Crippen LogP contribution < -0.4 is 25.8 Å². The third kappa shape index (κ3) is 7.85. The van der Waals surface area contributed by atoms with Gasteiger partial charge >= 0.3 is 0 Å². The minimum Gasteiger partial charge on any atom is -0.493 e. The summed E-state index contributed by atoms with van der Waals surface area (Å²) in [5, 5.41) is 5.62. The van der Waals surface area contributed by atoms with Crippen LogP contribution in [0.4, 0.5) is 5.69 Å². The van der Waals surface area contributed by atoms with Crippen molar-refractivity contribution in [2.24, 2.45) is 11.7 Å². The summed E-state index contributed by atoms with van der Waals surface area (Å²) in [7, 11) is 1.48. The highest BCUT2D eigenvalue weighted by molar-refractivity contribution is 5.92. The number of carbonyl (C=O) groups is 3. The Balaban J connectivity index is 1.89. The first-order valence-electron chi connectivity index (χ1n) is 9.73. The summed E-state index contributed by atoms with van der Waals surface area (Å²) in [6.45, 7) is 3.76. The van der Waals surface area contributed by atoms with E-state index in [4.69, 9.17) is 15.2 Å². The van der Waals surface area contributed by atoms with E-state index in [1.54, 1.807) is 36.4 Å². The van der Waals surface area contributed by atoms with E-state index >= 15 is 0 Å². The predicted molar refractivity (Wildman–Crippen MR) is 118 cm³/mol. The number of anilines is 1. The number of carbonyl (C=O) groups excluding carboxylic acids is 3. The van der Waals surface area contributed by atoms with Crippen LogP contribution in [0.25, 0.3) is 6.08 Å². The minimum atomic E-state index is -0.586. The van der Waals surface area contributed by atoms with E-state index in [2.05, 4.69) is 10.6 Å². The normalized spacial score (nSPS) is 10.7. The molecule has 4 N–H and O–H groups in total. The molecule has 8 nitrogen and oxygen atoms in total. The molecule has 0 aromatic heterocycles. The number of methoxy groups -OCH3 is 1. The van der Waals surface area contributed by atoms with E-state index < -0.39 is 5.91 Å². The van der Waals surface area contributed by atoms with E-state index in [0.717, 1.165) is 11.1 Å². The second-order valence-corrected chi connectivity index (χ2v) is 7.06. The number of amides is 3. The fraction of sp³-hybridized carbons (Fsp3) is 0.261. The molecule has 8 heteroatoms. The van der Waals surface area contributed by atoms with Gasteiger partial charge in [-0.2, -0.15) is 0 Å². The van der Waals surface area contributed by atoms with E-state index in [1.165, 1.54) is 13.2 Å². The van der Waals surface area contributed by atoms with E-state index in [1.807, 2.05) is 26.0 Å². The number of primary amides is 1. The van der Waals surface area contributed by atoms with E-state index in [-0.39, 0.29) is 24.3 Å². The number of ether oxygens (including phenoxy) is 2. The van der Waals surface area contributed by atoms with Crippen molar-refractivity contribution < 1.29 is 23.9 Å². The lowest BCUT2D eigenvalue weighted by molar-refractivity contribution is -0.120. The van der Waals surface area contributed by atoms with Crippen LogP contribution in [0.5, 0.6) is 11.5 Å². The molecule has 164 valence electrons. The Morgan fingerprint density at radius 1 is 1.06 bits per heavy atom. The molecule has 2 aromatic rings. The maximum Gasteiger partial charge on any atom is 0.255 e. The fourth-order valence-electron chi connectivity index (χ4n) is 2.47. The molecule has 0 heterocycles. The topological polar surface area (TPSA) is 120 Å². The lowest BCUT2D eigenvalue weighted by Crippen LogP contribution is -2.20. The van der Waals surface area contributed by atoms with Gasteiger partial charge < -0.3 is 25.8 Å². The Morgan fingerprint density at radius 3 is 2.39 bits per heavy atom. The molecule has 0 aliphatic rings. The first-order chi connectivity index (χ1) is 14.8. The highest BCUT2D eigenvalue weighted by Gasteiger charge is 2.08. The van der Waals surface area contributed by atoms with Gasteiger partial charge in [-0.25, -0.2) is 0 Å². The Hall–Kier alpha value is -3.81. The zero-order valence-corrected chi connectivity index (χ0v) is 17.8. The third-order valence-electron chi connectivity index (χ3n) is 4.20. The quantitative estimate of drug-likeness (QED) is 0.505. The molecule has 0 atom stereocenters. The second kappa shape index (κ2) is 11.4. The van der Waals surface area contributed by atoms with Crippen molar-refractivity contribution in [3.63, 3.8) is 0 Å². The Labute approximate surface area is 181 Å². The maximum atomic E-state index is 12.1. The van der Waals surface area contributed by atoms with E-state index in [0.29, 0.717) is 23.7 Å². The van der Waals surface area contributed by atoms with Crippen molar-refractivity contribution in [2.45, 2.75) is 20.4 Å². The molecule has 0 radical (unpaired) electrons. The first kappa shape index (κ1) is 23.5. The molecule has 3 amide bonds. The number of hydrogen-bond donors (Lipinski definition) is 3. The molecule has 0 saturated carbocycles. The van der Waals surface area contributed by atoms with Gasteiger partial charge in [0.2, 0.25) is 11.8 Å². The lowest BCUT2D eigenvalue weighted by atomic mass is 10.1. The highest BCUT2D eigenvalue weighted by Crippen LogP contribution is 2.28. The predicted octanol–water partition coefficient (Wildman–Crippen LogP) is 2.48. The number of hydrogen-bond acceptors (Lipinski definition) is 5. The molecule has 31 heavy (non-hydrogen) atoms. The summed E-state index contributed by atoms with van der Waals surface area (Å²) >= 11 is 0. The van der Waals surface area contributed by atoms with Crippen LogP contribution in [0.15, 0.2) is 48.5 Å². The van der Waals surface area contributed by atoms with Crippen molar-refractivity contribution in [3.8, 4) is 11.5 Å². The first-order valence-corrected chi connectivity index (χ1v) is 9.73. The van der Waals surface area contributed by atoms with Gasteiger partial charge in [-0.1, -0.05) is 32.0 Å². The summed E-state index contributed by atoms with van der Waals surface area (Å²) in [6, 6.07) is 12.3. The molecule has 0 unspecified atom stereocenters. The van der Waals surface area contributed by atoms with E-state index in [9.17, 15) is 14.4 Å². The lowest BCUT2D eigenvalue weighted by Gasteiger charge is -2.10. The van der Waals surface area contributed by atoms with Crippen LogP contribution in [0.2, 0.25) is 0 Å². The average molecular weight is 425 g/mol. The van der Waals surface area contributed by atoms with Crippen LogP contribution in [-0.4, -0.2) is 31.4 Å². The van der Waals surface area contributed by atoms with Gasteiger partial charge in [-0.05, 0) is 41.5 Å². The van der Waals surface area contributed by atoms with Crippen LogP contribution in [0.1, 0.15) is 25.0 Å². The van der Waals surface area contributed by atoms with Gasteiger partial charge in [0.1, 0.15) is 0 Å². The van der Waals surface area contributed by atoms with Gasteiger partial charge in [0, 0.05) is 24.2 Å². The summed E-state index contributed by atoms with van der Waals surface area (Å²) in [5.41, 5.74) is 7.42. The van der Waals surface area contributed by atoms with Gasteiger partial charge in [-0.15, -0.1) is 0 Å². The van der Waals surface area contributed by atoms with Crippen molar-refractivity contribution >= 4 is 29.5 Å². The Morgan fingerprint density at radius 2 is 1.77 bits per heavy atom. The average Bonchev–Trinajstić information content (AvgIpc) is 2.75. The Bertz CT molecular complexity index is 952. The van der Waals surface area contributed by atoms with Gasteiger partial charge in [-0.3, -0.25) is 14.4 Å². The molecule has 0 aliphatic heterocycles. The smallest absolute Gasteiger partial charge is 0.255 e. The summed E-state index contributed by atoms with van der Waals surface area (Å²) in [4.78, 5) is 34.7. The van der Waals surface area contributed by atoms with Crippen LogP contribution in [0, 0.1) is 5.92 Å². The highest BCUT2D eigenvalue weighted by atomic mass is 16.5. The molecule has 0 aliphatic carbocycles. The number of rotatable bonds is 10. The van der Waals surface area contributed by atoms with Crippen molar-refractivity contribution in [1.29, 1.82) is 0 Å². The second-order valence-electron chi connectivity index (χ2n) is 7.06. The molecule has 0 fully saturated rings. The molecule has 2 aromatic carbocycles. The van der Waals surface area contributed by atoms with Crippen LogP contribution in [0.3, 0.4) is 0 Å². The Kier molecular flexibility index (Phi) is 8.63. The summed E-state index contributed by atoms with van der Waals surface area (Å²) in [6.07, 6.45) is 3.05. The monoisotopic (exact) mass is 425 g/mol. The molecule has 0 bridgehead atoms. The molecule has 0 saturated heterocycles.